The lowest BCUT2D eigenvalue weighted by Crippen LogP contribution is -2.47. The molecule has 1 aliphatic carbocycles. The van der Waals surface area contributed by atoms with Crippen LogP contribution in [0.5, 0.6) is 5.88 Å². The van der Waals surface area contributed by atoms with Gasteiger partial charge >= 0.3 is 5.97 Å². The molecule has 0 unspecified atom stereocenters. The highest BCUT2D eigenvalue weighted by Gasteiger charge is 2.51. The Bertz CT molecular complexity index is 622. The van der Waals surface area contributed by atoms with E-state index in [1.807, 2.05) is 0 Å². The van der Waals surface area contributed by atoms with E-state index in [1.165, 1.54) is 11.5 Å². The molecule has 2 fully saturated rings. The molecule has 1 aromatic heterocycles. The van der Waals surface area contributed by atoms with Crippen LogP contribution < -0.4 is 4.74 Å². The molecule has 7 nitrogen and oxygen atoms in total. The molecule has 0 bridgehead atoms. The molecule has 8 heteroatoms. The fraction of sp³-hybridized carbons (Fsp3) is 0.778. The van der Waals surface area contributed by atoms with Crippen molar-refractivity contribution in [3.8, 4) is 5.88 Å². The van der Waals surface area contributed by atoms with Gasteiger partial charge in [-0.1, -0.05) is 0 Å². The maximum absolute atomic E-state index is 12.7. The molecule has 1 aliphatic heterocycles. The molecule has 1 aromatic rings. The predicted octanol–water partition coefficient (Wildman–Crippen LogP) is 2.62. The molecule has 3 rings (SSSR count). The Morgan fingerprint density at radius 2 is 1.96 bits per heavy atom. The summed E-state index contributed by atoms with van der Waals surface area (Å²) in [6.07, 6.45) is 2.44. The monoisotopic (exact) mass is 385 g/mol. The zero-order chi connectivity index (χ0) is 18.8. The number of hydrogen-bond donors (Lipinski definition) is 1. The molecular formula is C18H27NO6S. The first-order chi connectivity index (χ1) is 12.3. The number of aromatic nitrogens is 1. The fourth-order valence-electron chi connectivity index (χ4n) is 3.41. The van der Waals surface area contributed by atoms with Crippen molar-refractivity contribution in [3.05, 3.63) is 10.9 Å². The van der Waals surface area contributed by atoms with Crippen molar-refractivity contribution in [1.29, 1.82) is 0 Å². The van der Waals surface area contributed by atoms with Crippen molar-refractivity contribution in [1.82, 2.24) is 4.37 Å². The van der Waals surface area contributed by atoms with Crippen LogP contribution in [-0.2, 0) is 24.6 Å². The van der Waals surface area contributed by atoms with E-state index in [0.717, 1.165) is 0 Å². The van der Waals surface area contributed by atoms with Gasteiger partial charge in [0.05, 0.1) is 30.3 Å². The third-order valence-corrected chi connectivity index (χ3v) is 6.16. The predicted molar refractivity (Wildman–Crippen MR) is 95.0 cm³/mol. The van der Waals surface area contributed by atoms with Gasteiger partial charge in [0.1, 0.15) is 12.0 Å². The average molecular weight is 385 g/mol. The van der Waals surface area contributed by atoms with Gasteiger partial charge in [-0.15, -0.1) is 0 Å². The van der Waals surface area contributed by atoms with Crippen molar-refractivity contribution in [3.63, 3.8) is 0 Å². The molecule has 1 saturated heterocycles. The molecule has 0 atom stereocenters. The van der Waals surface area contributed by atoms with Crippen LogP contribution in [-0.4, -0.2) is 47.7 Å². The second kappa shape index (κ2) is 7.42. The summed E-state index contributed by atoms with van der Waals surface area (Å²) in [7, 11) is 0. The van der Waals surface area contributed by atoms with E-state index >= 15 is 0 Å². The van der Waals surface area contributed by atoms with Gasteiger partial charge in [0.2, 0.25) is 5.88 Å². The Hall–Kier alpha value is -1.22. The summed E-state index contributed by atoms with van der Waals surface area (Å²) in [4.78, 5) is 13.4. The molecule has 26 heavy (non-hydrogen) atoms. The van der Waals surface area contributed by atoms with Crippen LogP contribution in [0.3, 0.4) is 0 Å². The van der Waals surface area contributed by atoms with E-state index in [-0.39, 0.29) is 12.6 Å². The second-order valence-electron chi connectivity index (χ2n) is 7.49. The molecule has 0 aromatic carbocycles. The molecule has 1 saturated carbocycles. The molecule has 2 aliphatic rings. The summed E-state index contributed by atoms with van der Waals surface area (Å²) in [5, 5.41) is 10.1. The van der Waals surface area contributed by atoms with Crippen LogP contribution in [0.2, 0.25) is 0 Å². The number of nitrogens with zero attached hydrogens (tertiary/aromatic N) is 1. The van der Waals surface area contributed by atoms with Gasteiger partial charge in [-0.2, -0.15) is 4.37 Å². The second-order valence-corrected chi connectivity index (χ2v) is 8.29. The van der Waals surface area contributed by atoms with Gasteiger partial charge in [-0.3, -0.25) is 4.79 Å². The van der Waals surface area contributed by atoms with Crippen LogP contribution in [0, 0.1) is 5.41 Å². The van der Waals surface area contributed by atoms with E-state index in [2.05, 4.69) is 4.37 Å². The van der Waals surface area contributed by atoms with Crippen molar-refractivity contribution in [2.24, 2.45) is 5.41 Å². The van der Waals surface area contributed by atoms with E-state index < -0.39 is 16.8 Å². The summed E-state index contributed by atoms with van der Waals surface area (Å²) >= 11 is 1.19. The normalized spacial score (nSPS) is 21.7. The number of carbonyl (C=O) groups excluding carboxylic acids is 1. The van der Waals surface area contributed by atoms with E-state index in [1.54, 1.807) is 26.8 Å². The summed E-state index contributed by atoms with van der Waals surface area (Å²) in [5.41, 5.74) is -1.69. The maximum atomic E-state index is 12.7. The quantitative estimate of drug-likeness (QED) is 0.753. The Morgan fingerprint density at radius 1 is 1.31 bits per heavy atom. The van der Waals surface area contributed by atoms with E-state index in [9.17, 15) is 9.90 Å². The van der Waals surface area contributed by atoms with Gasteiger partial charge in [-0.25, -0.2) is 0 Å². The van der Waals surface area contributed by atoms with Gasteiger partial charge < -0.3 is 24.1 Å². The standard InChI is InChI=1S/C18H27NO6S/c1-4-22-15(20)17(5-7-18(8-6-17)24-9-10-25-18)12-23-14-11-13(26-19-14)16(2,3)21/h11,21H,4-10,12H2,1-3H3. The van der Waals surface area contributed by atoms with Crippen LogP contribution in [0.25, 0.3) is 0 Å². The lowest BCUT2D eigenvalue weighted by Gasteiger charge is -2.41. The van der Waals surface area contributed by atoms with Crippen molar-refractivity contribution in [2.45, 2.75) is 57.8 Å². The number of carbonyl (C=O) groups is 1. The van der Waals surface area contributed by atoms with E-state index in [0.29, 0.717) is 56.3 Å². The molecule has 0 amide bonds. The Labute approximate surface area is 157 Å². The Kier molecular flexibility index (Phi) is 5.58. The van der Waals surface area contributed by atoms with Crippen LogP contribution in [0.15, 0.2) is 6.07 Å². The van der Waals surface area contributed by atoms with E-state index in [4.69, 9.17) is 18.9 Å². The number of esters is 1. The molecule has 1 N–H and O–H groups in total. The van der Waals surface area contributed by atoms with Gasteiger partial charge in [0.15, 0.2) is 5.79 Å². The molecule has 146 valence electrons. The van der Waals surface area contributed by atoms with Crippen molar-refractivity contribution in [2.75, 3.05) is 26.4 Å². The number of ether oxygens (including phenoxy) is 4. The highest BCUT2D eigenvalue weighted by Crippen LogP contribution is 2.46. The number of aliphatic hydroxyl groups is 1. The molecular weight excluding hydrogens is 358 g/mol. The topological polar surface area (TPSA) is 87.1 Å². The van der Waals surface area contributed by atoms with Crippen molar-refractivity contribution >= 4 is 17.5 Å². The first-order valence-corrected chi connectivity index (χ1v) is 9.83. The maximum Gasteiger partial charge on any atom is 0.315 e. The van der Waals surface area contributed by atoms with Crippen LogP contribution in [0.4, 0.5) is 0 Å². The molecule has 1 spiro atoms. The summed E-state index contributed by atoms with van der Waals surface area (Å²) < 4.78 is 26.9. The Balaban J connectivity index is 1.69. The van der Waals surface area contributed by atoms with Gasteiger partial charge in [0.25, 0.3) is 0 Å². The Morgan fingerprint density at radius 3 is 2.50 bits per heavy atom. The highest BCUT2D eigenvalue weighted by molar-refractivity contribution is 7.06. The number of rotatable bonds is 6. The lowest BCUT2D eigenvalue weighted by molar-refractivity contribution is -0.201. The zero-order valence-corrected chi connectivity index (χ0v) is 16.4. The minimum absolute atomic E-state index is 0.191. The third-order valence-electron chi connectivity index (χ3n) is 5.08. The van der Waals surface area contributed by atoms with Crippen LogP contribution >= 0.6 is 11.5 Å². The van der Waals surface area contributed by atoms with Crippen LogP contribution in [0.1, 0.15) is 51.3 Å². The lowest BCUT2D eigenvalue weighted by atomic mass is 9.72. The summed E-state index contributed by atoms with van der Waals surface area (Å²) in [6, 6.07) is 1.72. The minimum Gasteiger partial charge on any atom is -0.476 e. The third kappa shape index (κ3) is 4.03. The first kappa shape index (κ1) is 19.5. The largest absolute Gasteiger partial charge is 0.476 e. The summed E-state index contributed by atoms with van der Waals surface area (Å²) in [5.74, 6) is -0.375. The first-order valence-electron chi connectivity index (χ1n) is 9.06. The van der Waals surface area contributed by atoms with Gasteiger partial charge in [0, 0.05) is 18.9 Å². The number of hydrogen-bond acceptors (Lipinski definition) is 8. The average Bonchev–Trinajstić information content (AvgIpc) is 3.25. The minimum atomic E-state index is -0.966. The highest BCUT2D eigenvalue weighted by atomic mass is 32.1. The molecule has 0 radical (unpaired) electrons. The SMILES string of the molecule is CCOC(=O)C1(COc2cc(C(C)(C)O)sn2)CCC2(CC1)OCCO2. The summed E-state index contributed by atoms with van der Waals surface area (Å²) in [6.45, 7) is 6.92. The smallest absolute Gasteiger partial charge is 0.315 e. The van der Waals surface area contributed by atoms with Crippen molar-refractivity contribution < 1.29 is 28.8 Å². The fourth-order valence-corrected chi connectivity index (χ4v) is 4.08. The molecule has 2 heterocycles. The van der Waals surface area contributed by atoms with Gasteiger partial charge in [-0.05, 0) is 45.1 Å². The zero-order valence-electron chi connectivity index (χ0n) is 15.6.